The highest BCUT2D eigenvalue weighted by Gasteiger charge is 2.39. The van der Waals surface area contributed by atoms with Crippen molar-refractivity contribution in [2.24, 2.45) is 5.92 Å². The van der Waals surface area contributed by atoms with Crippen molar-refractivity contribution in [2.45, 2.75) is 70.1 Å². The van der Waals surface area contributed by atoms with Crippen LogP contribution in [0, 0.1) is 5.92 Å². The Labute approximate surface area is 267 Å². The molecule has 0 bridgehead atoms. The Hall–Kier alpha value is -4.94. The molecule has 246 valence electrons. The molecule has 6 N–H and O–H groups in total. The van der Waals surface area contributed by atoms with Crippen molar-refractivity contribution in [2.75, 3.05) is 19.6 Å². The Balaban J connectivity index is 1.66. The van der Waals surface area contributed by atoms with Crippen molar-refractivity contribution < 1.29 is 33.9 Å². The average molecular weight is 635 g/mol. The molecule has 2 aliphatic rings. The number of rotatable bonds is 6. The number of amides is 6. The fourth-order valence-electron chi connectivity index (χ4n) is 5.67. The van der Waals surface area contributed by atoms with E-state index in [4.69, 9.17) is 0 Å². The summed E-state index contributed by atoms with van der Waals surface area (Å²) in [4.78, 5) is 81.4. The van der Waals surface area contributed by atoms with E-state index in [2.05, 4.69) is 26.6 Å². The van der Waals surface area contributed by atoms with Crippen LogP contribution in [-0.2, 0) is 41.6 Å². The Morgan fingerprint density at radius 1 is 0.717 bits per heavy atom. The normalized spacial score (nSPS) is 23.8. The van der Waals surface area contributed by atoms with Gasteiger partial charge >= 0.3 is 0 Å². The molecular formula is C33H42N6O7. The van der Waals surface area contributed by atoms with E-state index >= 15 is 0 Å². The number of hydrogen-bond acceptors (Lipinski definition) is 7. The molecule has 4 rings (SSSR count). The quantitative estimate of drug-likeness (QED) is 0.256. The maximum atomic E-state index is 14.0. The maximum absolute atomic E-state index is 14.0. The van der Waals surface area contributed by atoms with Crippen LogP contribution in [0.25, 0.3) is 0 Å². The number of phenolic OH excluding ortho intramolecular Hbond substituents is 1. The first-order valence-corrected chi connectivity index (χ1v) is 15.6. The van der Waals surface area contributed by atoms with Crippen LogP contribution in [0.4, 0.5) is 0 Å². The number of phenols is 1. The highest BCUT2D eigenvalue weighted by atomic mass is 16.3. The van der Waals surface area contributed by atoms with Gasteiger partial charge in [0.25, 0.3) is 0 Å². The van der Waals surface area contributed by atoms with Gasteiger partial charge < -0.3 is 36.6 Å². The van der Waals surface area contributed by atoms with Crippen LogP contribution < -0.4 is 26.6 Å². The van der Waals surface area contributed by atoms with Gasteiger partial charge in [0.2, 0.25) is 35.4 Å². The Kier molecular flexibility index (Phi) is 11.7. The first kappa shape index (κ1) is 33.9. The average Bonchev–Trinajstić information content (AvgIpc) is 3.52. The van der Waals surface area contributed by atoms with E-state index in [0.717, 1.165) is 5.56 Å². The molecule has 2 aromatic carbocycles. The molecule has 4 atom stereocenters. The lowest BCUT2D eigenvalue weighted by atomic mass is 10.0. The Morgan fingerprint density at radius 3 is 1.96 bits per heavy atom. The predicted molar refractivity (Wildman–Crippen MR) is 168 cm³/mol. The van der Waals surface area contributed by atoms with Crippen molar-refractivity contribution in [3.63, 3.8) is 0 Å². The van der Waals surface area contributed by atoms with Crippen LogP contribution in [0.3, 0.4) is 0 Å². The molecule has 2 saturated heterocycles. The van der Waals surface area contributed by atoms with Crippen molar-refractivity contribution >= 4 is 35.4 Å². The van der Waals surface area contributed by atoms with Gasteiger partial charge in [-0.15, -0.1) is 0 Å². The fraction of sp³-hybridized carbons (Fsp3) is 0.455. The van der Waals surface area contributed by atoms with E-state index in [1.54, 1.807) is 36.4 Å². The zero-order valence-corrected chi connectivity index (χ0v) is 26.1. The van der Waals surface area contributed by atoms with Crippen molar-refractivity contribution in [3.05, 3.63) is 65.7 Å². The molecule has 46 heavy (non-hydrogen) atoms. The van der Waals surface area contributed by atoms with Crippen LogP contribution in [0.5, 0.6) is 5.75 Å². The highest BCUT2D eigenvalue weighted by Crippen LogP contribution is 2.21. The lowest BCUT2D eigenvalue weighted by Crippen LogP contribution is -2.59. The zero-order valence-electron chi connectivity index (χ0n) is 26.1. The van der Waals surface area contributed by atoms with E-state index in [1.807, 2.05) is 19.9 Å². The zero-order chi connectivity index (χ0) is 33.2. The van der Waals surface area contributed by atoms with Crippen LogP contribution in [0.2, 0.25) is 0 Å². The fourth-order valence-corrected chi connectivity index (χ4v) is 5.67. The summed E-state index contributed by atoms with van der Waals surface area (Å²) in [6.45, 7) is 3.17. The summed E-state index contributed by atoms with van der Waals surface area (Å²) in [6.07, 6.45) is 1.35. The first-order valence-electron chi connectivity index (χ1n) is 15.6. The lowest BCUT2D eigenvalue weighted by molar-refractivity contribution is -0.142. The minimum absolute atomic E-state index is 0.0313. The summed E-state index contributed by atoms with van der Waals surface area (Å²) in [5.74, 6) is -3.34. The summed E-state index contributed by atoms with van der Waals surface area (Å²) in [7, 11) is 0. The smallest absolute Gasteiger partial charge is 0.246 e. The van der Waals surface area contributed by atoms with E-state index in [0.29, 0.717) is 24.8 Å². The minimum Gasteiger partial charge on any atom is -0.508 e. The Bertz CT molecular complexity index is 1420. The molecule has 13 heteroatoms. The molecule has 2 fully saturated rings. The molecular weight excluding hydrogens is 592 g/mol. The van der Waals surface area contributed by atoms with Gasteiger partial charge in [-0.25, -0.2) is 0 Å². The number of nitrogens with one attached hydrogen (secondary N) is 5. The standard InChI is InChI=1S/C33H42N6O7/c1-20(2)15-24-30(43)34-18-28(41)37-25(16-21-7-4-3-5-8-21)31(44)38-26(17-22-10-12-23(40)13-11-22)33(46)39-14-6-9-27(39)32(45)35-19-29(42)36-24/h3-5,7-8,10-13,20,24-27,40H,6,9,14-19H2,1-2H3,(H,34,43)(H,35,45)(H,36,42)(H,37,41)(H,38,44)/t24-,25-,26+,27+/m0/s1. The van der Waals surface area contributed by atoms with Crippen molar-refractivity contribution in [3.8, 4) is 5.75 Å². The molecule has 0 saturated carbocycles. The molecule has 6 amide bonds. The SMILES string of the molecule is CC(C)C[C@@H]1NC(=O)CNC(=O)[C@H]2CCCN2C(=O)[C@@H](Cc2ccc(O)cc2)NC(=O)[C@H](Cc2ccccc2)NC(=O)CNC1=O. The molecule has 0 unspecified atom stereocenters. The minimum atomic E-state index is -1.11. The van der Waals surface area contributed by atoms with Crippen LogP contribution >= 0.6 is 0 Å². The van der Waals surface area contributed by atoms with Gasteiger partial charge in [-0.1, -0.05) is 56.3 Å². The van der Waals surface area contributed by atoms with Gasteiger partial charge in [-0.2, -0.15) is 0 Å². The summed E-state index contributed by atoms with van der Waals surface area (Å²) in [5.41, 5.74) is 1.41. The van der Waals surface area contributed by atoms with Crippen molar-refractivity contribution in [1.29, 1.82) is 0 Å². The monoisotopic (exact) mass is 634 g/mol. The summed E-state index contributed by atoms with van der Waals surface area (Å²) in [5, 5.41) is 23.0. The molecule has 0 aromatic heterocycles. The summed E-state index contributed by atoms with van der Waals surface area (Å²) >= 11 is 0. The van der Waals surface area contributed by atoms with Crippen LogP contribution in [-0.4, -0.2) is 89.3 Å². The van der Waals surface area contributed by atoms with Gasteiger partial charge in [-0.3, -0.25) is 28.8 Å². The number of aromatic hydroxyl groups is 1. The number of carbonyl (C=O) groups excluding carboxylic acids is 6. The van der Waals surface area contributed by atoms with Gasteiger partial charge in [0.05, 0.1) is 13.1 Å². The number of fused-ring (bicyclic) bond motifs is 1. The number of carbonyl (C=O) groups is 6. The third-order valence-corrected chi connectivity index (χ3v) is 7.97. The van der Waals surface area contributed by atoms with E-state index < -0.39 is 72.7 Å². The molecule has 0 radical (unpaired) electrons. The summed E-state index contributed by atoms with van der Waals surface area (Å²) in [6, 6.07) is 11.2. The molecule has 0 spiro atoms. The largest absolute Gasteiger partial charge is 0.508 e. The van der Waals surface area contributed by atoms with Crippen LogP contribution in [0.1, 0.15) is 44.2 Å². The third kappa shape index (κ3) is 9.53. The molecule has 0 aliphatic carbocycles. The molecule has 2 aliphatic heterocycles. The third-order valence-electron chi connectivity index (χ3n) is 7.97. The van der Waals surface area contributed by atoms with Gasteiger partial charge in [0, 0.05) is 19.4 Å². The first-order chi connectivity index (χ1) is 22.0. The van der Waals surface area contributed by atoms with Gasteiger partial charge in [-0.05, 0) is 48.4 Å². The highest BCUT2D eigenvalue weighted by molar-refractivity contribution is 5.97. The Morgan fingerprint density at radius 2 is 1.30 bits per heavy atom. The summed E-state index contributed by atoms with van der Waals surface area (Å²) < 4.78 is 0. The molecule has 2 aromatic rings. The maximum Gasteiger partial charge on any atom is 0.246 e. The van der Waals surface area contributed by atoms with Gasteiger partial charge in [0.1, 0.15) is 29.9 Å². The number of hydrogen-bond donors (Lipinski definition) is 6. The second kappa shape index (κ2) is 15.9. The molecule has 13 nitrogen and oxygen atoms in total. The second-order valence-electron chi connectivity index (χ2n) is 12.1. The number of nitrogens with zero attached hydrogens (tertiary/aromatic N) is 1. The lowest BCUT2D eigenvalue weighted by Gasteiger charge is -2.30. The predicted octanol–water partition coefficient (Wildman–Crippen LogP) is -0.0851. The van der Waals surface area contributed by atoms with Gasteiger partial charge in [0.15, 0.2) is 0 Å². The van der Waals surface area contributed by atoms with Crippen LogP contribution in [0.15, 0.2) is 54.6 Å². The molecule has 2 heterocycles. The van der Waals surface area contributed by atoms with E-state index in [9.17, 15) is 33.9 Å². The number of benzene rings is 2. The second-order valence-corrected chi connectivity index (χ2v) is 12.1. The van der Waals surface area contributed by atoms with E-state index in [-0.39, 0.29) is 31.1 Å². The van der Waals surface area contributed by atoms with Crippen molar-refractivity contribution in [1.82, 2.24) is 31.5 Å². The topological polar surface area (TPSA) is 186 Å². The van der Waals surface area contributed by atoms with E-state index in [1.165, 1.54) is 17.0 Å².